The molecule has 2 amide bonds. The van der Waals surface area contributed by atoms with Crippen LogP contribution in [0, 0.1) is 0 Å². The van der Waals surface area contributed by atoms with Crippen LogP contribution < -0.4 is 15.4 Å². The average molecular weight is 318 g/mol. The van der Waals surface area contributed by atoms with Gasteiger partial charge in [-0.1, -0.05) is 24.3 Å². The van der Waals surface area contributed by atoms with Crippen molar-refractivity contribution in [3.63, 3.8) is 0 Å². The highest BCUT2D eigenvalue weighted by atomic mass is 32.1. The molecular formula is C16H18N2O3S. The zero-order valence-corrected chi connectivity index (χ0v) is 13.3. The standard InChI is InChI=1S/C16H18N2O3S/c1-11(12-6-3-4-7-13(12)21-2)18-15(19)10-17-16(20)14-8-5-9-22-14/h3-9,11H,10H2,1-2H3,(H,17,20)(H,18,19)/t11-/m1/s1. The monoisotopic (exact) mass is 318 g/mol. The minimum Gasteiger partial charge on any atom is -0.496 e. The van der Waals surface area contributed by atoms with E-state index < -0.39 is 0 Å². The summed E-state index contributed by atoms with van der Waals surface area (Å²) in [5.41, 5.74) is 0.892. The third-order valence-electron chi connectivity index (χ3n) is 3.14. The van der Waals surface area contributed by atoms with Crippen molar-refractivity contribution < 1.29 is 14.3 Å². The summed E-state index contributed by atoms with van der Waals surface area (Å²) < 4.78 is 5.28. The van der Waals surface area contributed by atoms with Gasteiger partial charge >= 0.3 is 0 Å². The molecular weight excluding hydrogens is 300 g/mol. The van der Waals surface area contributed by atoms with E-state index in [1.165, 1.54) is 11.3 Å². The summed E-state index contributed by atoms with van der Waals surface area (Å²) >= 11 is 1.34. The van der Waals surface area contributed by atoms with Crippen LogP contribution in [0.5, 0.6) is 5.75 Å². The number of hydrogen-bond donors (Lipinski definition) is 2. The number of thiophene rings is 1. The second-order valence-corrected chi connectivity index (χ2v) is 5.64. The molecule has 1 aromatic heterocycles. The van der Waals surface area contributed by atoms with Gasteiger partial charge < -0.3 is 15.4 Å². The van der Waals surface area contributed by atoms with Crippen LogP contribution in [0.3, 0.4) is 0 Å². The molecule has 0 radical (unpaired) electrons. The fourth-order valence-corrected chi connectivity index (χ4v) is 2.69. The Bertz CT molecular complexity index is 641. The van der Waals surface area contributed by atoms with Crippen LogP contribution >= 0.6 is 11.3 Å². The molecule has 5 nitrogen and oxygen atoms in total. The molecule has 0 fully saturated rings. The van der Waals surface area contributed by atoms with Crippen molar-refractivity contribution in [2.45, 2.75) is 13.0 Å². The highest BCUT2D eigenvalue weighted by Crippen LogP contribution is 2.24. The lowest BCUT2D eigenvalue weighted by Crippen LogP contribution is -2.37. The molecule has 1 atom stereocenters. The van der Waals surface area contributed by atoms with E-state index in [0.717, 1.165) is 11.3 Å². The Kier molecular flexibility index (Phi) is 5.55. The number of benzene rings is 1. The fraction of sp³-hybridized carbons (Fsp3) is 0.250. The molecule has 0 aliphatic heterocycles. The average Bonchev–Trinajstić information content (AvgIpc) is 3.07. The van der Waals surface area contributed by atoms with Crippen LogP contribution in [0.15, 0.2) is 41.8 Å². The Labute approximate surface area is 133 Å². The second kappa shape index (κ2) is 7.61. The van der Waals surface area contributed by atoms with Crippen molar-refractivity contribution >= 4 is 23.2 Å². The quantitative estimate of drug-likeness (QED) is 0.859. The minimum absolute atomic E-state index is 0.0593. The molecule has 116 valence electrons. The molecule has 22 heavy (non-hydrogen) atoms. The maximum atomic E-state index is 11.9. The molecule has 6 heteroatoms. The molecule has 2 rings (SSSR count). The Morgan fingerprint density at radius 1 is 1.23 bits per heavy atom. The first-order valence-corrected chi connectivity index (χ1v) is 7.73. The molecule has 0 saturated heterocycles. The van der Waals surface area contributed by atoms with Gasteiger partial charge in [0.15, 0.2) is 0 Å². The van der Waals surface area contributed by atoms with Crippen LogP contribution in [-0.4, -0.2) is 25.5 Å². The van der Waals surface area contributed by atoms with Gasteiger partial charge in [-0.2, -0.15) is 0 Å². The van der Waals surface area contributed by atoms with Gasteiger partial charge in [0, 0.05) is 5.56 Å². The van der Waals surface area contributed by atoms with Crippen molar-refractivity contribution in [1.29, 1.82) is 0 Å². The molecule has 0 bridgehead atoms. The minimum atomic E-state index is -0.247. The molecule has 0 aliphatic carbocycles. The van der Waals surface area contributed by atoms with E-state index in [0.29, 0.717) is 4.88 Å². The fourth-order valence-electron chi connectivity index (χ4n) is 2.05. The molecule has 0 aliphatic rings. The van der Waals surface area contributed by atoms with E-state index in [9.17, 15) is 9.59 Å². The number of ether oxygens (including phenoxy) is 1. The summed E-state index contributed by atoms with van der Waals surface area (Å²) in [5.74, 6) is 0.233. The van der Waals surface area contributed by atoms with Gasteiger partial charge in [0.2, 0.25) is 5.91 Å². The van der Waals surface area contributed by atoms with Crippen molar-refractivity contribution in [3.8, 4) is 5.75 Å². The summed E-state index contributed by atoms with van der Waals surface area (Å²) in [6.07, 6.45) is 0. The third-order valence-corrected chi connectivity index (χ3v) is 4.01. The van der Waals surface area contributed by atoms with E-state index in [2.05, 4.69) is 10.6 Å². The number of hydrogen-bond acceptors (Lipinski definition) is 4. The summed E-state index contributed by atoms with van der Waals surface area (Å²) in [6, 6.07) is 10.8. The van der Waals surface area contributed by atoms with Gasteiger partial charge in [-0.15, -0.1) is 11.3 Å². The van der Waals surface area contributed by atoms with Crippen molar-refractivity contribution in [3.05, 3.63) is 52.2 Å². The van der Waals surface area contributed by atoms with Gasteiger partial charge in [0.25, 0.3) is 5.91 Å². The van der Waals surface area contributed by atoms with Gasteiger partial charge in [0.1, 0.15) is 5.75 Å². The second-order valence-electron chi connectivity index (χ2n) is 4.69. The summed E-state index contributed by atoms with van der Waals surface area (Å²) in [4.78, 5) is 24.3. The van der Waals surface area contributed by atoms with Gasteiger partial charge in [-0.3, -0.25) is 9.59 Å². The number of nitrogens with one attached hydrogen (secondary N) is 2. The Balaban J connectivity index is 1.87. The Morgan fingerprint density at radius 2 is 2.00 bits per heavy atom. The highest BCUT2D eigenvalue weighted by Gasteiger charge is 2.14. The van der Waals surface area contributed by atoms with E-state index in [1.54, 1.807) is 19.2 Å². The number of rotatable bonds is 6. The molecule has 1 aromatic carbocycles. The zero-order chi connectivity index (χ0) is 15.9. The summed E-state index contributed by atoms with van der Waals surface area (Å²) in [6.45, 7) is 1.81. The molecule has 0 spiro atoms. The highest BCUT2D eigenvalue weighted by molar-refractivity contribution is 7.12. The van der Waals surface area contributed by atoms with E-state index in [-0.39, 0.29) is 24.4 Å². The Morgan fingerprint density at radius 3 is 2.68 bits per heavy atom. The van der Waals surface area contributed by atoms with Gasteiger partial charge in [-0.05, 0) is 24.4 Å². The maximum absolute atomic E-state index is 11.9. The largest absolute Gasteiger partial charge is 0.496 e. The number of carbonyl (C=O) groups excluding carboxylic acids is 2. The number of amides is 2. The van der Waals surface area contributed by atoms with Crippen molar-refractivity contribution in [2.75, 3.05) is 13.7 Å². The third kappa shape index (κ3) is 4.08. The maximum Gasteiger partial charge on any atom is 0.261 e. The van der Waals surface area contributed by atoms with Gasteiger partial charge in [0.05, 0.1) is 24.6 Å². The van der Waals surface area contributed by atoms with E-state index >= 15 is 0 Å². The number of carbonyl (C=O) groups is 2. The Hall–Kier alpha value is -2.34. The normalized spacial score (nSPS) is 11.5. The lowest BCUT2D eigenvalue weighted by atomic mass is 10.1. The van der Waals surface area contributed by atoms with E-state index in [1.807, 2.05) is 36.6 Å². The number of methoxy groups -OCH3 is 1. The van der Waals surface area contributed by atoms with Crippen LogP contribution in [0.25, 0.3) is 0 Å². The number of para-hydroxylation sites is 1. The molecule has 0 saturated carbocycles. The summed E-state index contributed by atoms with van der Waals surface area (Å²) in [7, 11) is 1.59. The van der Waals surface area contributed by atoms with Crippen molar-refractivity contribution in [2.24, 2.45) is 0 Å². The van der Waals surface area contributed by atoms with Crippen molar-refractivity contribution in [1.82, 2.24) is 10.6 Å². The predicted octanol–water partition coefficient (Wildman–Crippen LogP) is 2.36. The molecule has 1 heterocycles. The summed E-state index contributed by atoms with van der Waals surface area (Å²) in [5, 5.41) is 7.26. The van der Waals surface area contributed by atoms with Crippen LogP contribution in [0.1, 0.15) is 28.2 Å². The first-order chi connectivity index (χ1) is 10.6. The van der Waals surface area contributed by atoms with Crippen LogP contribution in [-0.2, 0) is 4.79 Å². The van der Waals surface area contributed by atoms with Crippen LogP contribution in [0.4, 0.5) is 0 Å². The lowest BCUT2D eigenvalue weighted by Gasteiger charge is -2.17. The topological polar surface area (TPSA) is 67.4 Å². The lowest BCUT2D eigenvalue weighted by molar-refractivity contribution is -0.120. The zero-order valence-electron chi connectivity index (χ0n) is 12.5. The molecule has 2 N–H and O–H groups in total. The smallest absolute Gasteiger partial charge is 0.261 e. The molecule has 0 unspecified atom stereocenters. The SMILES string of the molecule is COc1ccccc1[C@@H](C)NC(=O)CNC(=O)c1cccs1. The van der Waals surface area contributed by atoms with Gasteiger partial charge in [-0.25, -0.2) is 0 Å². The first kappa shape index (κ1) is 16.0. The predicted molar refractivity (Wildman–Crippen MR) is 86.2 cm³/mol. The first-order valence-electron chi connectivity index (χ1n) is 6.85. The van der Waals surface area contributed by atoms with Crippen LogP contribution in [0.2, 0.25) is 0 Å². The van der Waals surface area contributed by atoms with E-state index in [4.69, 9.17) is 4.74 Å². The molecule has 2 aromatic rings.